The summed E-state index contributed by atoms with van der Waals surface area (Å²) < 4.78 is 1.35. The predicted octanol–water partition coefficient (Wildman–Crippen LogP) is 15.3. The Morgan fingerprint density at radius 3 is 1.33 bits per heavy atom. The van der Waals surface area contributed by atoms with Gasteiger partial charge in [0, 0.05) is 26.6 Å². The maximum Gasteiger partial charge on any atom is 0.0462 e. The number of rotatable bonds is 7. The van der Waals surface area contributed by atoms with Gasteiger partial charge in [0.25, 0.3) is 0 Å². The van der Waals surface area contributed by atoms with Crippen molar-refractivity contribution in [2.75, 3.05) is 4.90 Å². The van der Waals surface area contributed by atoms with E-state index in [0.717, 1.165) is 17.1 Å². The summed E-state index contributed by atoms with van der Waals surface area (Å²) in [6.45, 7) is 0. The van der Waals surface area contributed by atoms with Crippen LogP contribution < -0.4 is 4.90 Å². The van der Waals surface area contributed by atoms with E-state index in [1.54, 1.807) is 0 Å². The zero-order valence-corrected chi connectivity index (χ0v) is 30.4. The van der Waals surface area contributed by atoms with Gasteiger partial charge in [0.15, 0.2) is 0 Å². The van der Waals surface area contributed by atoms with Gasteiger partial charge in [-0.2, -0.15) is 0 Å². The van der Waals surface area contributed by atoms with E-state index in [9.17, 15) is 0 Å². The van der Waals surface area contributed by atoms with Crippen molar-refractivity contribution in [2.45, 2.75) is 0 Å². The summed E-state index contributed by atoms with van der Waals surface area (Å²) in [6, 6.07) is 77.1. The molecule has 0 atom stereocenters. The molecule has 10 aromatic rings. The lowest BCUT2D eigenvalue weighted by Gasteiger charge is -2.26. The van der Waals surface area contributed by atoms with Crippen LogP contribution in [0.4, 0.5) is 17.1 Å². The van der Waals surface area contributed by atoms with Crippen molar-refractivity contribution in [3.63, 3.8) is 0 Å². The third kappa shape index (κ3) is 6.03. The lowest BCUT2D eigenvalue weighted by molar-refractivity contribution is 1.28. The number of fused-ring (bicyclic) bond motifs is 4. The Balaban J connectivity index is 0.964. The van der Waals surface area contributed by atoms with E-state index in [0.29, 0.717) is 0 Å². The molecule has 0 amide bonds. The zero-order chi connectivity index (χ0) is 35.8. The van der Waals surface area contributed by atoms with Crippen LogP contribution in [0.2, 0.25) is 0 Å². The summed E-state index contributed by atoms with van der Waals surface area (Å²) in [5.74, 6) is 0. The fourth-order valence-electron chi connectivity index (χ4n) is 7.59. The highest BCUT2D eigenvalue weighted by atomic mass is 32.1. The lowest BCUT2D eigenvalue weighted by atomic mass is 10.0. The predicted molar refractivity (Wildman–Crippen MR) is 233 cm³/mol. The van der Waals surface area contributed by atoms with Crippen LogP contribution in [0.15, 0.2) is 212 Å². The molecular weight excluding hydrogens is 671 g/mol. The van der Waals surface area contributed by atoms with Gasteiger partial charge >= 0.3 is 0 Å². The molecule has 0 unspecified atom stereocenters. The molecule has 9 aromatic carbocycles. The van der Waals surface area contributed by atoms with E-state index in [1.165, 1.54) is 75.5 Å². The third-order valence-electron chi connectivity index (χ3n) is 10.5. The summed E-state index contributed by atoms with van der Waals surface area (Å²) in [7, 11) is 0. The van der Waals surface area contributed by atoms with Gasteiger partial charge in [-0.05, 0) is 114 Å². The smallest absolute Gasteiger partial charge is 0.0462 e. The second-order valence-corrected chi connectivity index (χ2v) is 14.8. The largest absolute Gasteiger partial charge is 0.311 e. The average molecular weight is 706 g/mol. The number of hydrogen-bond acceptors (Lipinski definition) is 2. The van der Waals surface area contributed by atoms with Crippen LogP contribution in [0.5, 0.6) is 0 Å². The third-order valence-corrected chi connectivity index (χ3v) is 11.7. The second kappa shape index (κ2) is 13.7. The number of hydrogen-bond donors (Lipinski definition) is 0. The van der Waals surface area contributed by atoms with Crippen molar-refractivity contribution < 1.29 is 0 Å². The molecule has 1 nitrogen and oxygen atoms in total. The molecule has 0 aliphatic heterocycles. The van der Waals surface area contributed by atoms with Crippen molar-refractivity contribution in [1.29, 1.82) is 0 Å². The maximum atomic E-state index is 2.34. The fourth-order valence-corrected chi connectivity index (χ4v) is 8.79. The molecule has 1 aromatic heterocycles. The van der Waals surface area contributed by atoms with Crippen LogP contribution >= 0.6 is 11.3 Å². The first kappa shape index (κ1) is 32.0. The summed E-state index contributed by atoms with van der Waals surface area (Å²) >= 11 is 1.88. The molecule has 0 saturated heterocycles. The molecule has 0 radical (unpaired) electrons. The highest BCUT2D eigenvalue weighted by Gasteiger charge is 2.15. The molecule has 0 saturated carbocycles. The van der Waals surface area contributed by atoms with Crippen molar-refractivity contribution in [3.05, 3.63) is 212 Å². The topological polar surface area (TPSA) is 3.24 Å². The lowest BCUT2D eigenvalue weighted by Crippen LogP contribution is -2.09. The van der Waals surface area contributed by atoms with E-state index in [-0.39, 0.29) is 0 Å². The molecule has 0 spiro atoms. The normalized spacial score (nSPS) is 11.3. The van der Waals surface area contributed by atoms with Crippen LogP contribution in [0.25, 0.3) is 75.5 Å². The quantitative estimate of drug-likeness (QED) is 0.160. The Morgan fingerprint density at radius 1 is 0.278 bits per heavy atom. The van der Waals surface area contributed by atoms with Gasteiger partial charge in [-0.1, -0.05) is 164 Å². The summed E-state index contributed by atoms with van der Waals surface area (Å²) in [5.41, 5.74) is 11.8. The van der Waals surface area contributed by atoms with Gasteiger partial charge in [0.05, 0.1) is 0 Å². The highest BCUT2D eigenvalue weighted by Crippen LogP contribution is 2.40. The van der Waals surface area contributed by atoms with Gasteiger partial charge in [-0.15, -0.1) is 11.3 Å². The van der Waals surface area contributed by atoms with E-state index >= 15 is 0 Å². The van der Waals surface area contributed by atoms with Crippen LogP contribution in [-0.4, -0.2) is 0 Å². The SMILES string of the molecule is c1ccc(-c2ccc(N(c3ccc(-c4ccc(-c5cc6ccc7ccccc7c6s5)cc4)cc3)c3ccc(-c4ccc5ccccc5c4)cc3)cc2)cc1. The first-order chi connectivity index (χ1) is 26.7. The zero-order valence-electron chi connectivity index (χ0n) is 29.6. The Hall–Kier alpha value is -6.74. The van der Waals surface area contributed by atoms with Crippen molar-refractivity contribution >= 4 is 60.0 Å². The van der Waals surface area contributed by atoms with E-state index < -0.39 is 0 Å². The molecule has 2 heteroatoms. The van der Waals surface area contributed by atoms with Crippen molar-refractivity contribution in [1.82, 2.24) is 0 Å². The summed E-state index contributed by atoms with van der Waals surface area (Å²) in [5, 5.41) is 6.43. The van der Waals surface area contributed by atoms with Gasteiger partial charge < -0.3 is 4.90 Å². The molecule has 54 heavy (non-hydrogen) atoms. The fraction of sp³-hybridized carbons (Fsp3) is 0. The molecular formula is C52H35NS. The Morgan fingerprint density at radius 2 is 0.704 bits per heavy atom. The van der Waals surface area contributed by atoms with Gasteiger partial charge in [-0.25, -0.2) is 0 Å². The Kier molecular flexibility index (Phi) is 8.09. The number of anilines is 3. The molecule has 0 aliphatic carbocycles. The van der Waals surface area contributed by atoms with Gasteiger partial charge in [-0.3, -0.25) is 0 Å². The Bertz CT molecular complexity index is 2890. The van der Waals surface area contributed by atoms with Gasteiger partial charge in [0.2, 0.25) is 0 Å². The minimum Gasteiger partial charge on any atom is -0.311 e. The van der Waals surface area contributed by atoms with Crippen LogP contribution in [0.1, 0.15) is 0 Å². The first-order valence-corrected chi connectivity index (χ1v) is 19.2. The maximum absolute atomic E-state index is 2.34. The standard InChI is InChI=1S/C52H35NS/c1-2-8-36(9-3-1)39-22-28-47(29-23-39)53(49-32-26-41(27-33-49)45-20-16-37-10-4-5-12-44(37)34-45)48-30-24-40(25-31-48)38-14-18-43(19-15-38)51-35-46-21-17-42-11-6-7-13-50(42)52(46)54-51/h1-35H. The molecule has 0 fully saturated rings. The van der Waals surface area contributed by atoms with Crippen LogP contribution in [-0.2, 0) is 0 Å². The minimum atomic E-state index is 1.11. The monoisotopic (exact) mass is 705 g/mol. The number of nitrogens with zero attached hydrogens (tertiary/aromatic N) is 1. The van der Waals surface area contributed by atoms with Crippen molar-refractivity contribution in [2.24, 2.45) is 0 Å². The highest BCUT2D eigenvalue weighted by molar-refractivity contribution is 7.23. The summed E-state index contributed by atoms with van der Waals surface area (Å²) in [4.78, 5) is 3.64. The van der Waals surface area contributed by atoms with Crippen LogP contribution in [0.3, 0.4) is 0 Å². The van der Waals surface area contributed by atoms with Gasteiger partial charge in [0.1, 0.15) is 0 Å². The molecule has 1 heterocycles. The summed E-state index contributed by atoms with van der Waals surface area (Å²) in [6.07, 6.45) is 0. The van der Waals surface area contributed by atoms with Crippen LogP contribution in [0, 0.1) is 0 Å². The second-order valence-electron chi connectivity index (χ2n) is 13.8. The average Bonchev–Trinajstić information content (AvgIpc) is 3.70. The van der Waals surface area contributed by atoms with E-state index in [1.807, 2.05) is 11.3 Å². The molecule has 0 aliphatic rings. The van der Waals surface area contributed by atoms with E-state index in [2.05, 4.69) is 217 Å². The van der Waals surface area contributed by atoms with Crippen molar-refractivity contribution in [3.8, 4) is 43.8 Å². The Labute approximate surface area is 319 Å². The molecule has 0 N–H and O–H groups in total. The minimum absolute atomic E-state index is 1.11. The molecule has 10 rings (SSSR count). The van der Waals surface area contributed by atoms with E-state index in [4.69, 9.17) is 0 Å². The molecule has 254 valence electrons. The molecule has 0 bridgehead atoms. The number of benzene rings is 9. The number of thiophene rings is 1. The first-order valence-electron chi connectivity index (χ1n) is 18.4.